The van der Waals surface area contributed by atoms with E-state index in [1.807, 2.05) is 19.9 Å². The summed E-state index contributed by atoms with van der Waals surface area (Å²) >= 11 is 0. The number of benzene rings is 1. The van der Waals surface area contributed by atoms with Crippen LogP contribution in [0.1, 0.15) is 16.8 Å². The number of anilines is 2. The number of hydrogen-bond acceptors (Lipinski definition) is 3. The van der Waals surface area contributed by atoms with E-state index in [0.717, 1.165) is 11.3 Å². The lowest BCUT2D eigenvalue weighted by molar-refractivity contribution is 0.627. The molecule has 0 aliphatic heterocycles. The zero-order chi connectivity index (χ0) is 14.0. The molecule has 0 fully saturated rings. The Balaban J connectivity index is 2.60. The molecule has 1 heterocycles. The smallest absolute Gasteiger partial charge is 0.151 e. The second-order valence-corrected chi connectivity index (χ2v) is 4.40. The highest BCUT2D eigenvalue weighted by molar-refractivity contribution is 5.67. The standard InChI is InChI=1S/C15H14FN3/c1-10-8-11(2)18-15(12(10)9-17)19(3)14-7-5-4-6-13(14)16/h4-8H,1-3H3. The third kappa shape index (κ3) is 2.41. The van der Waals surface area contributed by atoms with Gasteiger partial charge < -0.3 is 4.90 Å². The van der Waals surface area contributed by atoms with Crippen molar-refractivity contribution in [3.8, 4) is 6.07 Å². The maximum Gasteiger partial charge on any atom is 0.151 e. The molecule has 96 valence electrons. The fourth-order valence-corrected chi connectivity index (χ4v) is 2.04. The number of pyridine rings is 1. The molecule has 1 aromatic carbocycles. The molecule has 0 N–H and O–H groups in total. The van der Waals surface area contributed by atoms with Crippen molar-refractivity contribution in [1.29, 1.82) is 5.26 Å². The minimum Gasteiger partial charge on any atom is -0.326 e. The van der Waals surface area contributed by atoms with Gasteiger partial charge in [0.05, 0.1) is 11.3 Å². The summed E-state index contributed by atoms with van der Waals surface area (Å²) in [4.78, 5) is 5.96. The van der Waals surface area contributed by atoms with E-state index in [2.05, 4.69) is 11.1 Å². The molecule has 0 spiro atoms. The summed E-state index contributed by atoms with van der Waals surface area (Å²) in [5.41, 5.74) is 2.51. The summed E-state index contributed by atoms with van der Waals surface area (Å²) in [7, 11) is 1.71. The van der Waals surface area contributed by atoms with Crippen molar-refractivity contribution >= 4 is 11.5 Å². The maximum atomic E-state index is 13.8. The van der Waals surface area contributed by atoms with Crippen LogP contribution in [0.25, 0.3) is 0 Å². The predicted octanol–water partition coefficient (Wildman–Crippen LogP) is 3.48. The maximum absolute atomic E-state index is 13.8. The molecular weight excluding hydrogens is 241 g/mol. The Hall–Kier alpha value is -2.41. The van der Waals surface area contributed by atoms with Gasteiger partial charge >= 0.3 is 0 Å². The number of hydrogen-bond donors (Lipinski definition) is 0. The number of aromatic nitrogens is 1. The molecule has 0 radical (unpaired) electrons. The molecule has 2 rings (SSSR count). The largest absolute Gasteiger partial charge is 0.326 e. The van der Waals surface area contributed by atoms with Crippen molar-refractivity contribution in [3.05, 3.63) is 53.0 Å². The summed E-state index contributed by atoms with van der Waals surface area (Å²) in [5, 5.41) is 9.24. The second kappa shape index (κ2) is 5.07. The highest BCUT2D eigenvalue weighted by atomic mass is 19.1. The van der Waals surface area contributed by atoms with Gasteiger partial charge in [-0.05, 0) is 37.6 Å². The number of nitriles is 1. The fraction of sp³-hybridized carbons (Fsp3) is 0.200. The summed E-state index contributed by atoms with van der Waals surface area (Å²) in [6, 6.07) is 10.4. The van der Waals surface area contributed by atoms with Gasteiger partial charge in [-0.25, -0.2) is 9.37 Å². The Labute approximate surface area is 111 Å². The van der Waals surface area contributed by atoms with E-state index < -0.39 is 0 Å². The monoisotopic (exact) mass is 255 g/mol. The van der Waals surface area contributed by atoms with Crippen LogP contribution in [0.3, 0.4) is 0 Å². The van der Waals surface area contributed by atoms with Crippen molar-refractivity contribution in [3.63, 3.8) is 0 Å². The van der Waals surface area contributed by atoms with Crippen LogP contribution < -0.4 is 4.90 Å². The fourth-order valence-electron chi connectivity index (χ4n) is 2.04. The van der Waals surface area contributed by atoms with Crippen LogP contribution in [0.5, 0.6) is 0 Å². The first-order chi connectivity index (χ1) is 9.04. The third-order valence-corrected chi connectivity index (χ3v) is 2.97. The van der Waals surface area contributed by atoms with Crippen molar-refractivity contribution < 1.29 is 4.39 Å². The summed E-state index contributed by atoms with van der Waals surface area (Å²) in [6.07, 6.45) is 0. The van der Waals surface area contributed by atoms with E-state index in [4.69, 9.17) is 0 Å². The van der Waals surface area contributed by atoms with Crippen molar-refractivity contribution in [2.24, 2.45) is 0 Å². The first-order valence-electron chi connectivity index (χ1n) is 5.91. The second-order valence-electron chi connectivity index (χ2n) is 4.40. The molecular formula is C15H14FN3. The van der Waals surface area contributed by atoms with Gasteiger partial charge in [-0.1, -0.05) is 12.1 Å². The molecule has 0 saturated heterocycles. The first kappa shape index (κ1) is 13.0. The van der Waals surface area contributed by atoms with Gasteiger partial charge in [-0.15, -0.1) is 0 Å². The summed E-state index contributed by atoms with van der Waals surface area (Å²) in [6.45, 7) is 3.71. The molecule has 0 atom stereocenters. The van der Waals surface area contributed by atoms with Gasteiger partial charge in [0, 0.05) is 12.7 Å². The zero-order valence-corrected chi connectivity index (χ0v) is 11.1. The van der Waals surface area contributed by atoms with E-state index in [0.29, 0.717) is 17.1 Å². The highest BCUT2D eigenvalue weighted by Gasteiger charge is 2.16. The van der Waals surface area contributed by atoms with E-state index in [-0.39, 0.29) is 5.82 Å². The van der Waals surface area contributed by atoms with Crippen LogP contribution in [0.2, 0.25) is 0 Å². The van der Waals surface area contributed by atoms with Gasteiger partial charge in [-0.2, -0.15) is 5.26 Å². The molecule has 4 heteroatoms. The van der Waals surface area contributed by atoms with E-state index >= 15 is 0 Å². The Morgan fingerprint density at radius 1 is 1.26 bits per heavy atom. The molecule has 0 saturated carbocycles. The molecule has 0 unspecified atom stereocenters. The van der Waals surface area contributed by atoms with Crippen LogP contribution in [0.4, 0.5) is 15.9 Å². The number of rotatable bonds is 2. The molecule has 3 nitrogen and oxygen atoms in total. The third-order valence-electron chi connectivity index (χ3n) is 2.97. The molecule has 0 bridgehead atoms. The lowest BCUT2D eigenvalue weighted by Gasteiger charge is -2.21. The Morgan fingerprint density at radius 2 is 1.95 bits per heavy atom. The van der Waals surface area contributed by atoms with Gasteiger partial charge in [0.25, 0.3) is 0 Å². The topological polar surface area (TPSA) is 39.9 Å². The van der Waals surface area contributed by atoms with E-state index in [9.17, 15) is 9.65 Å². The minimum atomic E-state index is -0.338. The predicted molar refractivity (Wildman–Crippen MR) is 72.9 cm³/mol. The zero-order valence-electron chi connectivity index (χ0n) is 11.1. The SMILES string of the molecule is Cc1cc(C)c(C#N)c(N(C)c2ccccc2F)n1. The molecule has 2 aromatic rings. The van der Waals surface area contributed by atoms with E-state index in [1.54, 1.807) is 30.1 Å². The number of nitrogens with zero attached hydrogens (tertiary/aromatic N) is 3. The Bertz CT molecular complexity index is 659. The Kier molecular flexibility index (Phi) is 3.48. The number of aryl methyl sites for hydroxylation is 2. The number of halogens is 1. The van der Waals surface area contributed by atoms with Crippen molar-refractivity contribution in [2.75, 3.05) is 11.9 Å². The summed E-state index contributed by atoms with van der Waals surface area (Å²) < 4.78 is 13.8. The van der Waals surface area contributed by atoms with Crippen LogP contribution in [0, 0.1) is 31.0 Å². The van der Waals surface area contributed by atoms with Gasteiger partial charge in [0.2, 0.25) is 0 Å². The molecule has 0 amide bonds. The van der Waals surface area contributed by atoms with Crippen LogP contribution in [-0.4, -0.2) is 12.0 Å². The molecule has 1 aromatic heterocycles. The van der Waals surface area contributed by atoms with Crippen molar-refractivity contribution in [1.82, 2.24) is 4.98 Å². The average Bonchev–Trinajstić information content (AvgIpc) is 2.37. The van der Waals surface area contributed by atoms with Crippen LogP contribution >= 0.6 is 0 Å². The lowest BCUT2D eigenvalue weighted by Crippen LogP contribution is -2.15. The highest BCUT2D eigenvalue weighted by Crippen LogP contribution is 2.28. The van der Waals surface area contributed by atoms with Crippen molar-refractivity contribution in [2.45, 2.75) is 13.8 Å². The van der Waals surface area contributed by atoms with Crippen LogP contribution in [-0.2, 0) is 0 Å². The lowest BCUT2D eigenvalue weighted by atomic mass is 10.1. The van der Waals surface area contributed by atoms with Gasteiger partial charge in [-0.3, -0.25) is 0 Å². The van der Waals surface area contributed by atoms with Crippen LogP contribution in [0.15, 0.2) is 30.3 Å². The number of para-hydroxylation sites is 1. The normalized spacial score (nSPS) is 10.1. The minimum absolute atomic E-state index is 0.338. The van der Waals surface area contributed by atoms with Gasteiger partial charge in [0.1, 0.15) is 11.9 Å². The van der Waals surface area contributed by atoms with Gasteiger partial charge in [0.15, 0.2) is 5.82 Å². The molecule has 0 aliphatic rings. The quantitative estimate of drug-likeness (QED) is 0.824. The molecule has 19 heavy (non-hydrogen) atoms. The van der Waals surface area contributed by atoms with E-state index in [1.165, 1.54) is 6.07 Å². The average molecular weight is 255 g/mol. The summed E-state index contributed by atoms with van der Waals surface area (Å²) in [5.74, 6) is 0.139. The first-order valence-corrected chi connectivity index (χ1v) is 5.91. The Morgan fingerprint density at radius 3 is 2.58 bits per heavy atom. The molecule has 0 aliphatic carbocycles.